The molecule has 0 saturated carbocycles. The highest BCUT2D eigenvalue weighted by molar-refractivity contribution is 6.00. The Kier molecular flexibility index (Phi) is 7.97. The van der Waals surface area contributed by atoms with E-state index in [0.717, 1.165) is 11.1 Å². The summed E-state index contributed by atoms with van der Waals surface area (Å²) in [6.07, 6.45) is 0.334. The molecule has 0 radical (unpaired) electrons. The predicted molar refractivity (Wildman–Crippen MR) is 122 cm³/mol. The van der Waals surface area contributed by atoms with Crippen molar-refractivity contribution in [3.05, 3.63) is 60.2 Å². The van der Waals surface area contributed by atoms with Crippen LogP contribution < -0.4 is 10.6 Å². The average Bonchev–Trinajstić information content (AvgIpc) is 3.63. The topological polar surface area (TPSA) is 128 Å². The number of carbonyl (C=O) groups is 3. The Morgan fingerprint density at radius 2 is 1.64 bits per heavy atom. The minimum absolute atomic E-state index is 0.0802. The summed E-state index contributed by atoms with van der Waals surface area (Å²) in [5, 5.41) is 24.4. The van der Waals surface area contributed by atoms with E-state index in [0.29, 0.717) is 12.0 Å². The van der Waals surface area contributed by atoms with Gasteiger partial charge in [0, 0.05) is 5.56 Å². The van der Waals surface area contributed by atoms with Crippen LogP contribution in [0.15, 0.2) is 54.6 Å². The standard InChI is InChI=1S/C25H30N2O6/c1-16(2)11-20(22(30)25(14-29)15-33-25)26-24(32)21(13-28)27-23(31)19-10-6-9-18(12-19)17-7-4-3-5-8-17/h3-10,12,16,20-21,28-29H,11,13-15H2,1-2H3,(H,26,32)(H,27,31)/t20?,21-,25?/m0/s1. The van der Waals surface area contributed by atoms with Crippen molar-refractivity contribution in [3.63, 3.8) is 0 Å². The molecule has 1 heterocycles. The molecule has 8 nitrogen and oxygen atoms in total. The largest absolute Gasteiger partial charge is 0.394 e. The van der Waals surface area contributed by atoms with Crippen molar-refractivity contribution in [2.75, 3.05) is 19.8 Å². The van der Waals surface area contributed by atoms with Crippen LogP contribution in [0.4, 0.5) is 0 Å². The zero-order chi connectivity index (χ0) is 24.0. The van der Waals surface area contributed by atoms with E-state index < -0.39 is 48.5 Å². The number of epoxide rings is 1. The number of amides is 2. The highest BCUT2D eigenvalue weighted by Gasteiger charge is 2.54. The third-order valence-electron chi connectivity index (χ3n) is 5.57. The van der Waals surface area contributed by atoms with Crippen molar-refractivity contribution in [1.29, 1.82) is 0 Å². The summed E-state index contributed by atoms with van der Waals surface area (Å²) >= 11 is 0. The van der Waals surface area contributed by atoms with Gasteiger partial charge in [-0.15, -0.1) is 0 Å². The Hall–Kier alpha value is -3.07. The SMILES string of the molecule is CC(C)CC(NC(=O)[C@H](CO)NC(=O)c1cccc(-c2ccccc2)c1)C(=O)C1(CO)CO1. The number of hydrogen-bond acceptors (Lipinski definition) is 6. The van der Waals surface area contributed by atoms with Gasteiger partial charge in [-0.2, -0.15) is 0 Å². The van der Waals surface area contributed by atoms with Crippen LogP contribution in [0.1, 0.15) is 30.6 Å². The molecule has 3 atom stereocenters. The number of aliphatic hydroxyl groups excluding tert-OH is 2. The molecule has 1 aliphatic rings. The lowest BCUT2D eigenvalue weighted by molar-refractivity contribution is -0.133. The second kappa shape index (κ2) is 10.7. The molecular formula is C25H30N2O6. The molecule has 0 aromatic heterocycles. The molecule has 2 aromatic rings. The lowest BCUT2D eigenvalue weighted by Crippen LogP contribution is -2.55. The highest BCUT2D eigenvalue weighted by atomic mass is 16.6. The molecule has 0 aliphatic carbocycles. The monoisotopic (exact) mass is 454 g/mol. The maximum atomic E-state index is 12.8. The van der Waals surface area contributed by atoms with Gasteiger partial charge < -0.3 is 25.6 Å². The minimum Gasteiger partial charge on any atom is -0.394 e. The molecule has 3 rings (SSSR count). The summed E-state index contributed by atoms with van der Waals surface area (Å²) in [6, 6.07) is 14.4. The summed E-state index contributed by atoms with van der Waals surface area (Å²) in [7, 11) is 0. The number of benzene rings is 2. The summed E-state index contributed by atoms with van der Waals surface area (Å²) < 4.78 is 5.14. The third-order valence-corrected chi connectivity index (χ3v) is 5.57. The molecule has 33 heavy (non-hydrogen) atoms. The van der Waals surface area contributed by atoms with Gasteiger partial charge in [0.25, 0.3) is 5.91 Å². The van der Waals surface area contributed by atoms with Gasteiger partial charge in [-0.3, -0.25) is 14.4 Å². The maximum absolute atomic E-state index is 12.8. The smallest absolute Gasteiger partial charge is 0.252 e. The summed E-state index contributed by atoms with van der Waals surface area (Å²) in [5.74, 6) is -1.54. The molecule has 8 heteroatoms. The predicted octanol–water partition coefficient (Wildman–Crippen LogP) is 1.31. The van der Waals surface area contributed by atoms with Gasteiger partial charge in [0.15, 0.2) is 11.4 Å². The molecule has 0 bridgehead atoms. The van der Waals surface area contributed by atoms with E-state index in [1.807, 2.05) is 50.2 Å². The third kappa shape index (κ3) is 6.04. The summed E-state index contributed by atoms with van der Waals surface area (Å²) in [6.45, 7) is 2.80. The van der Waals surface area contributed by atoms with Crippen LogP contribution in [0.5, 0.6) is 0 Å². The Balaban J connectivity index is 1.70. The van der Waals surface area contributed by atoms with Gasteiger partial charge in [0.05, 0.1) is 25.9 Å². The molecule has 1 saturated heterocycles. The van der Waals surface area contributed by atoms with Crippen molar-refractivity contribution in [2.24, 2.45) is 5.92 Å². The number of ether oxygens (including phenoxy) is 1. The molecule has 0 spiro atoms. The van der Waals surface area contributed by atoms with Crippen molar-refractivity contribution in [2.45, 2.75) is 38.0 Å². The number of ketones is 1. The van der Waals surface area contributed by atoms with Crippen molar-refractivity contribution in [1.82, 2.24) is 10.6 Å². The van der Waals surface area contributed by atoms with Gasteiger partial charge in [-0.05, 0) is 35.6 Å². The van der Waals surface area contributed by atoms with Gasteiger partial charge in [0.2, 0.25) is 5.91 Å². The number of rotatable bonds is 11. The summed E-state index contributed by atoms with van der Waals surface area (Å²) in [5.41, 5.74) is 0.846. The molecule has 2 amide bonds. The van der Waals surface area contributed by atoms with Crippen LogP contribution in [0.2, 0.25) is 0 Å². The van der Waals surface area contributed by atoms with Gasteiger partial charge in [-0.1, -0.05) is 56.3 Å². The van der Waals surface area contributed by atoms with Gasteiger partial charge >= 0.3 is 0 Å². The van der Waals surface area contributed by atoms with E-state index in [4.69, 9.17) is 4.74 Å². The van der Waals surface area contributed by atoms with Gasteiger partial charge in [0.1, 0.15) is 6.04 Å². The van der Waals surface area contributed by atoms with E-state index in [-0.39, 0.29) is 12.5 Å². The average molecular weight is 455 g/mol. The second-order valence-electron chi connectivity index (χ2n) is 8.65. The van der Waals surface area contributed by atoms with Crippen LogP contribution >= 0.6 is 0 Å². The number of hydrogen-bond donors (Lipinski definition) is 4. The molecule has 2 unspecified atom stereocenters. The quantitative estimate of drug-likeness (QED) is 0.379. The Morgan fingerprint density at radius 3 is 2.21 bits per heavy atom. The Labute approximate surface area is 193 Å². The Morgan fingerprint density at radius 1 is 0.970 bits per heavy atom. The molecule has 176 valence electrons. The number of carbonyl (C=O) groups excluding carboxylic acids is 3. The van der Waals surface area contributed by atoms with E-state index in [9.17, 15) is 24.6 Å². The van der Waals surface area contributed by atoms with Crippen LogP contribution in [0.25, 0.3) is 11.1 Å². The van der Waals surface area contributed by atoms with E-state index in [1.165, 1.54) is 0 Å². The van der Waals surface area contributed by atoms with Crippen LogP contribution in [0.3, 0.4) is 0 Å². The zero-order valence-corrected chi connectivity index (χ0v) is 18.8. The number of nitrogens with one attached hydrogen (secondary N) is 2. The normalized spacial score (nSPS) is 18.9. The van der Waals surface area contributed by atoms with E-state index in [1.54, 1.807) is 18.2 Å². The molecule has 1 aliphatic heterocycles. The second-order valence-corrected chi connectivity index (χ2v) is 8.65. The molecule has 1 fully saturated rings. The lowest BCUT2D eigenvalue weighted by atomic mass is 9.92. The van der Waals surface area contributed by atoms with Crippen LogP contribution in [0, 0.1) is 5.92 Å². The van der Waals surface area contributed by atoms with Gasteiger partial charge in [-0.25, -0.2) is 0 Å². The number of Topliss-reactive ketones (excluding diaryl/α,β-unsaturated/α-hetero) is 1. The maximum Gasteiger partial charge on any atom is 0.252 e. The Bertz CT molecular complexity index is 987. The molecular weight excluding hydrogens is 424 g/mol. The highest BCUT2D eigenvalue weighted by Crippen LogP contribution is 2.30. The van der Waals surface area contributed by atoms with Crippen LogP contribution in [-0.2, 0) is 14.3 Å². The molecule has 2 aromatic carbocycles. The zero-order valence-electron chi connectivity index (χ0n) is 18.8. The van der Waals surface area contributed by atoms with E-state index in [2.05, 4.69) is 10.6 Å². The first-order chi connectivity index (χ1) is 15.8. The first kappa shape index (κ1) is 24.6. The van der Waals surface area contributed by atoms with Crippen molar-refractivity contribution in [3.8, 4) is 11.1 Å². The molecule has 4 N–H and O–H groups in total. The van der Waals surface area contributed by atoms with Crippen LogP contribution in [-0.4, -0.2) is 65.3 Å². The van der Waals surface area contributed by atoms with E-state index >= 15 is 0 Å². The lowest BCUT2D eigenvalue weighted by Gasteiger charge is -2.24. The summed E-state index contributed by atoms with van der Waals surface area (Å²) in [4.78, 5) is 38.4. The first-order valence-corrected chi connectivity index (χ1v) is 11.0. The van der Waals surface area contributed by atoms with Crippen molar-refractivity contribution >= 4 is 17.6 Å². The fraction of sp³-hybridized carbons (Fsp3) is 0.400. The minimum atomic E-state index is -1.28. The fourth-order valence-electron chi connectivity index (χ4n) is 3.60. The first-order valence-electron chi connectivity index (χ1n) is 11.0. The fourth-order valence-corrected chi connectivity index (χ4v) is 3.60. The number of aliphatic hydroxyl groups is 2. The van der Waals surface area contributed by atoms with Crippen molar-refractivity contribution < 1.29 is 29.3 Å².